The van der Waals surface area contributed by atoms with Crippen LogP contribution in [0.15, 0.2) is 24.3 Å². The number of rotatable bonds is 6. The van der Waals surface area contributed by atoms with Gasteiger partial charge in [-0.15, -0.1) is 0 Å². The van der Waals surface area contributed by atoms with E-state index in [2.05, 4.69) is 10.1 Å². The molecule has 1 N–H and O–H groups in total. The lowest BCUT2D eigenvalue weighted by Crippen LogP contribution is -2.27. The molecule has 0 bridgehead atoms. The monoisotopic (exact) mass is 323 g/mol. The van der Waals surface area contributed by atoms with E-state index < -0.39 is 5.97 Å². The van der Waals surface area contributed by atoms with E-state index in [0.29, 0.717) is 22.9 Å². The van der Waals surface area contributed by atoms with E-state index in [1.165, 1.54) is 7.11 Å². The highest BCUT2D eigenvalue weighted by atomic mass is 32.2. The molecule has 5 nitrogen and oxygen atoms in total. The zero-order valence-corrected chi connectivity index (χ0v) is 13.5. The van der Waals surface area contributed by atoms with Crippen molar-refractivity contribution in [2.45, 2.75) is 18.1 Å². The van der Waals surface area contributed by atoms with Crippen LogP contribution >= 0.6 is 11.8 Å². The van der Waals surface area contributed by atoms with Crippen LogP contribution in [0, 0.1) is 0 Å². The molecular formula is C16H21NO4S. The molecule has 6 heteroatoms. The Bertz CT molecular complexity index is 497. The van der Waals surface area contributed by atoms with Crippen molar-refractivity contribution >= 4 is 23.6 Å². The molecule has 0 atom stereocenters. The van der Waals surface area contributed by atoms with E-state index in [1.807, 2.05) is 11.8 Å². The molecule has 1 fully saturated rings. The van der Waals surface area contributed by atoms with Crippen molar-refractivity contribution in [3.8, 4) is 0 Å². The predicted molar refractivity (Wildman–Crippen MR) is 86.4 cm³/mol. The van der Waals surface area contributed by atoms with Crippen LogP contribution in [0.3, 0.4) is 0 Å². The van der Waals surface area contributed by atoms with Crippen molar-refractivity contribution in [1.82, 2.24) is 5.32 Å². The summed E-state index contributed by atoms with van der Waals surface area (Å²) in [6.45, 7) is 2.33. The second-order valence-electron chi connectivity index (χ2n) is 5.01. The number of ether oxygens (including phenoxy) is 2. The van der Waals surface area contributed by atoms with Gasteiger partial charge < -0.3 is 14.8 Å². The third-order valence-corrected chi connectivity index (χ3v) is 4.86. The molecule has 1 aromatic carbocycles. The summed E-state index contributed by atoms with van der Waals surface area (Å²) in [6.07, 6.45) is 2.18. The summed E-state index contributed by atoms with van der Waals surface area (Å²) in [4.78, 5) is 23.3. The molecule has 0 unspecified atom stereocenters. The summed E-state index contributed by atoms with van der Waals surface area (Å²) in [6, 6.07) is 6.45. The van der Waals surface area contributed by atoms with Gasteiger partial charge in [0.25, 0.3) is 5.91 Å². The smallest absolute Gasteiger partial charge is 0.337 e. The van der Waals surface area contributed by atoms with Gasteiger partial charge in [0.2, 0.25) is 0 Å². The average molecular weight is 323 g/mol. The Morgan fingerprint density at radius 2 is 1.86 bits per heavy atom. The Kier molecular flexibility index (Phi) is 6.74. The highest BCUT2D eigenvalue weighted by molar-refractivity contribution is 7.99. The molecular weight excluding hydrogens is 302 g/mol. The number of esters is 1. The van der Waals surface area contributed by atoms with E-state index in [0.717, 1.165) is 31.8 Å². The Morgan fingerprint density at radius 3 is 2.50 bits per heavy atom. The molecule has 1 aliphatic heterocycles. The molecule has 2 rings (SSSR count). The van der Waals surface area contributed by atoms with E-state index in [4.69, 9.17) is 4.74 Å². The Morgan fingerprint density at radius 1 is 1.23 bits per heavy atom. The van der Waals surface area contributed by atoms with Crippen LogP contribution in [0.1, 0.15) is 33.6 Å². The normalized spacial score (nSPS) is 15.3. The van der Waals surface area contributed by atoms with Gasteiger partial charge in [-0.1, -0.05) is 0 Å². The molecule has 1 amide bonds. The van der Waals surface area contributed by atoms with Gasteiger partial charge in [-0.05, 0) is 37.1 Å². The van der Waals surface area contributed by atoms with Crippen LogP contribution in [0.2, 0.25) is 0 Å². The number of methoxy groups -OCH3 is 1. The van der Waals surface area contributed by atoms with Gasteiger partial charge in [0.15, 0.2) is 0 Å². The number of benzene rings is 1. The zero-order valence-electron chi connectivity index (χ0n) is 12.7. The first-order valence-electron chi connectivity index (χ1n) is 7.36. The summed E-state index contributed by atoms with van der Waals surface area (Å²) in [5.74, 6) is 0.375. The first kappa shape index (κ1) is 16.8. The number of carbonyl (C=O) groups is 2. The van der Waals surface area contributed by atoms with Crippen molar-refractivity contribution in [2.24, 2.45) is 0 Å². The highest BCUT2D eigenvalue weighted by Gasteiger charge is 2.14. The molecule has 22 heavy (non-hydrogen) atoms. The molecule has 1 aromatic rings. The molecule has 0 aliphatic carbocycles. The topological polar surface area (TPSA) is 64.6 Å². The number of nitrogens with one attached hydrogen (secondary N) is 1. The Hall–Kier alpha value is -1.53. The molecule has 0 saturated carbocycles. The van der Waals surface area contributed by atoms with E-state index >= 15 is 0 Å². The maximum atomic E-state index is 12.0. The summed E-state index contributed by atoms with van der Waals surface area (Å²) in [5, 5.41) is 3.54. The van der Waals surface area contributed by atoms with Crippen molar-refractivity contribution in [3.63, 3.8) is 0 Å². The zero-order chi connectivity index (χ0) is 15.8. The first-order valence-corrected chi connectivity index (χ1v) is 8.41. The van der Waals surface area contributed by atoms with Crippen molar-refractivity contribution in [2.75, 3.05) is 32.6 Å². The van der Waals surface area contributed by atoms with Gasteiger partial charge >= 0.3 is 5.97 Å². The molecule has 1 heterocycles. The highest BCUT2D eigenvalue weighted by Crippen LogP contribution is 2.21. The third-order valence-electron chi connectivity index (χ3n) is 3.48. The summed E-state index contributed by atoms with van der Waals surface area (Å²) in [5.41, 5.74) is 0.984. The van der Waals surface area contributed by atoms with Crippen LogP contribution in [-0.4, -0.2) is 49.7 Å². The molecule has 1 aliphatic rings. The standard InChI is InChI=1S/C16H21NO4S/c1-20-16(19)13-4-2-12(3-5-13)15(18)17-8-11-22-14-6-9-21-10-7-14/h2-5,14H,6-11H2,1H3,(H,17,18). The van der Waals surface area contributed by atoms with Gasteiger partial charge in [0.1, 0.15) is 0 Å². The third kappa shape index (κ3) is 5.03. The Balaban J connectivity index is 1.71. The van der Waals surface area contributed by atoms with Crippen LogP contribution in [0.5, 0.6) is 0 Å². The van der Waals surface area contributed by atoms with Gasteiger partial charge in [-0.3, -0.25) is 4.79 Å². The molecule has 0 spiro atoms. The minimum Gasteiger partial charge on any atom is -0.465 e. The van der Waals surface area contributed by atoms with Gasteiger partial charge in [-0.25, -0.2) is 4.79 Å². The number of hydrogen-bond acceptors (Lipinski definition) is 5. The maximum absolute atomic E-state index is 12.0. The summed E-state index contributed by atoms with van der Waals surface area (Å²) >= 11 is 1.89. The summed E-state index contributed by atoms with van der Waals surface area (Å²) in [7, 11) is 1.33. The number of carbonyl (C=O) groups excluding carboxylic acids is 2. The van der Waals surface area contributed by atoms with Gasteiger partial charge in [0.05, 0.1) is 12.7 Å². The fourth-order valence-corrected chi connectivity index (χ4v) is 3.29. The van der Waals surface area contributed by atoms with Crippen LogP contribution in [0.4, 0.5) is 0 Å². The van der Waals surface area contributed by atoms with Crippen molar-refractivity contribution < 1.29 is 19.1 Å². The fraction of sp³-hybridized carbons (Fsp3) is 0.500. The van der Waals surface area contributed by atoms with E-state index in [1.54, 1.807) is 24.3 Å². The van der Waals surface area contributed by atoms with E-state index in [9.17, 15) is 9.59 Å². The quantitative estimate of drug-likeness (QED) is 0.642. The van der Waals surface area contributed by atoms with Crippen LogP contribution in [0.25, 0.3) is 0 Å². The lowest BCUT2D eigenvalue weighted by Gasteiger charge is -2.21. The molecule has 120 valence electrons. The minimum atomic E-state index is -0.403. The second-order valence-corrected chi connectivity index (χ2v) is 6.42. The fourth-order valence-electron chi connectivity index (χ4n) is 2.21. The molecule has 0 radical (unpaired) electrons. The number of amides is 1. The lowest BCUT2D eigenvalue weighted by atomic mass is 10.1. The minimum absolute atomic E-state index is 0.121. The summed E-state index contributed by atoms with van der Waals surface area (Å²) < 4.78 is 9.94. The average Bonchev–Trinajstić information content (AvgIpc) is 2.59. The lowest BCUT2D eigenvalue weighted by molar-refractivity contribution is 0.0600. The van der Waals surface area contributed by atoms with Gasteiger partial charge in [0, 0.05) is 36.3 Å². The Labute approximate surface area is 134 Å². The molecule has 1 saturated heterocycles. The van der Waals surface area contributed by atoms with Crippen molar-refractivity contribution in [3.05, 3.63) is 35.4 Å². The molecule has 0 aromatic heterocycles. The van der Waals surface area contributed by atoms with Crippen LogP contribution in [-0.2, 0) is 9.47 Å². The van der Waals surface area contributed by atoms with Crippen molar-refractivity contribution in [1.29, 1.82) is 0 Å². The first-order chi connectivity index (χ1) is 10.7. The maximum Gasteiger partial charge on any atom is 0.337 e. The van der Waals surface area contributed by atoms with E-state index in [-0.39, 0.29) is 5.91 Å². The largest absolute Gasteiger partial charge is 0.465 e. The number of hydrogen-bond donors (Lipinski definition) is 1. The van der Waals surface area contributed by atoms with Crippen LogP contribution < -0.4 is 5.32 Å². The SMILES string of the molecule is COC(=O)c1ccc(C(=O)NCCSC2CCOCC2)cc1. The number of thioether (sulfide) groups is 1. The second kappa shape index (κ2) is 8.80. The predicted octanol–water partition coefficient (Wildman–Crippen LogP) is 2.12. The van der Waals surface area contributed by atoms with Gasteiger partial charge in [-0.2, -0.15) is 11.8 Å².